The number of amides is 6. The van der Waals surface area contributed by atoms with Crippen LogP contribution in [-0.4, -0.2) is 107 Å². The Kier molecular flexibility index (Phi) is 19.3. The molecule has 4 aromatic rings. The van der Waals surface area contributed by atoms with E-state index in [4.69, 9.17) is 23.2 Å². The van der Waals surface area contributed by atoms with Crippen molar-refractivity contribution in [2.24, 2.45) is 0 Å². The summed E-state index contributed by atoms with van der Waals surface area (Å²) < 4.78 is 32.3. The molecule has 1 aliphatic rings. The van der Waals surface area contributed by atoms with Crippen molar-refractivity contribution < 1.29 is 51.6 Å². The second-order valence-corrected chi connectivity index (χ2v) is 20.6. The molecule has 17 nitrogen and oxygen atoms in total. The van der Waals surface area contributed by atoms with Gasteiger partial charge in [0.2, 0.25) is 29.5 Å². The Morgan fingerprint density at radius 1 is 0.743 bits per heavy atom. The van der Waals surface area contributed by atoms with Gasteiger partial charge >= 0.3 is 5.97 Å². The number of hydrogen-bond acceptors (Lipinski definition) is 9. The molecular formula is C50H60Cl2N6O11S. The molecule has 5 atom stereocenters. The van der Waals surface area contributed by atoms with Crippen molar-refractivity contribution in [3.63, 3.8) is 0 Å². The number of likely N-dealkylation sites (tertiary alicyclic amines) is 1. The number of carbonyl (C=O) groups is 7. The van der Waals surface area contributed by atoms with E-state index in [0.717, 1.165) is 16.3 Å². The molecule has 0 radical (unpaired) electrons. The molecule has 7 N–H and O–H groups in total. The maximum Gasteiger partial charge on any atom is 0.303 e. The molecular weight excluding hydrogens is 964 g/mol. The van der Waals surface area contributed by atoms with Crippen molar-refractivity contribution in [3.05, 3.63) is 117 Å². The number of nitrogens with zero attached hydrogens (tertiary/aromatic N) is 1. The minimum absolute atomic E-state index is 0.00633. The Bertz CT molecular complexity index is 2670. The highest BCUT2D eigenvalue weighted by Gasteiger charge is 2.40. The van der Waals surface area contributed by atoms with Crippen molar-refractivity contribution in [2.45, 2.75) is 127 Å². The maximum atomic E-state index is 14.6. The number of carboxylic acid groups (broad SMARTS) is 1. The Morgan fingerprint density at radius 3 is 2.03 bits per heavy atom. The third-order valence-corrected chi connectivity index (χ3v) is 13.1. The Labute approximate surface area is 417 Å². The molecule has 5 rings (SSSR count). The minimum Gasteiger partial charge on any atom is -0.481 e. The number of carboxylic acids is 1. The molecule has 0 spiro atoms. The first-order valence-electron chi connectivity index (χ1n) is 23.0. The van der Waals surface area contributed by atoms with Gasteiger partial charge in [-0.3, -0.25) is 38.1 Å². The van der Waals surface area contributed by atoms with Gasteiger partial charge in [0, 0.05) is 31.3 Å². The van der Waals surface area contributed by atoms with Gasteiger partial charge in [0.15, 0.2) is 0 Å². The predicted molar refractivity (Wildman–Crippen MR) is 266 cm³/mol. The van der Waals surface area contributed by atoms with Gasteiger partial charge in [0.25, 0.3) is 16.0 Å². The Morgan fingerprint density at radius 2 is 1.37 bits per heavy atom. The summed E-state index contributed by atoms with van der Waals surface area (Å²) in [6.07, 6.45) is 0.945. The normalized spacial score (nSPS) is 15.5. The van der Waals surface area contributed by atoms with Crippen LogP contribution in [0.1, 0.15) is 99.7 Å². The molecule has 0 saturated carbocycles. The summed E-state index contributed by atoms with van der Waals surface area (Å²) in [7, 11) is -4.32. The third kappa shape index (κ3) is 16.0. The van der Waals surface area contributed by atoms with E-state index in [-0.39, 0.29) is 72.7 Å². The topological polar surface area (TPSA) is 257 Å². The summed E-state index contributed by atoms with van der Waals surface area (Å²) in [4.78, 5) is 97.6. The predicted octanol–water partition coefficient (Wildman–Crippen LogP) is 5.53. The number of nitrogens with one attached hydrogen (secondary N) is 5. The molecule has 1 heterocycles. The first kappa shape index (κ1) is 54.9. The van der Waals surface area contributed by atoms with Crippen LogP contribution in [0.5, 0.6) is 0 Å². The summed E-state index contributed by atoms with van der Waals surface area (Å²) >= 11 is 12.5. The molecule has 1 fully saturated rings. The SMILES string of the molecule is CCC[C@H](NC(=O)[C@H](Cc1ccc(CS(=O)(=O)O)cc1)NC(=O)c1cccc(Cl)c1Cl)C(=O)N1CCC[C@H]1C(=O)N[C@@H](Cc1cccc2ccccc12)C(=O)N[C@@H](CCCC(=O)O)C(=O)NC(C)(C)C. The van der Waals surface area contributed by atoms with E-state index in [1.165, 1.54) is 47.4 Å². The van der Waals surface area contributed by atoms with Crippen molar-refractivity contribution >= 4 is 85.5 Å². The maximum absolute atomic E-state index is 14.6. The van der Waals surface area contributed by atoms with Crippen molar-refractivity contribution in [1.82, 2.24) is 31.5 Å². The van der Waals surface area contributed by atoms with E-state index in [1.54, 1.807) is 20.8 Å². The van der Waals surface area contributed by atoms with Gasteiger partial charge in [-0.1, -0.05) is 109 Å². The number of aliphatic carboxylic acids is 1. The van der Waals surface area contributed by atoms with Crippen molar-refractivity contribution in [2.75, 3.05) is 6.54 Å². The molecule has 0 unspecified atom stereocenters. The summed E-state index contributed by atoms with van der Waals surface area (Å²) in [5.41, 5.74) is 0.797. The molecule has 20 heteroatoms. The third-order valence-electron chi connectivity index (χ3n) is 11.6. The van der Waals surface area contributed by atoms with E-state index in [1.807, 2.05) is 49.4 Å². The Balaban J connectivity index is 1.40. The fraction of sp³-hybridized carbons (Fsp3) is 0.420. The number of hydrogen-bond donors (Lipinski definition) is 7. The van der Waals surface area contributed by atoms with Gasteiger partial charge in [0.05, 0.1) is 15.6 Å². The number of fused-ring (bicyclic) bond motifs is 1. The van der Waals surface area contributed by atoms with E-state index < -0.39 is 93.0 Å². The first-order chi connectivity index (χ1) is 33.0. The second kappa shape index (κ2) is 24.7. The zero-order valence-corrected chi connectivity index (χ0v) is 41.8. The molecule has 6 amide bonds. The van der Waals surface area contributed by atoms with Gasteiger partial charge in [-0.2, -0.15) is 8.42 Å². The van der Waals surface area contributed by atoms with Crippen LogP contribution in [0, 0.1) is 0 Å². The van der Waals surface area contributed by atoms with Gasteiger partial charge in [0.1, 0.15) is 36.0 Å². The highest BCUT2D eigenvalue weighted by atomic mass is 35.5. The van der Waals surface area contributed by atoms with Crippen molar-refractivity contribution in [1.29, 1.82) is 0 Å². The summed E-state index contributed by atoms with van der Waals surface area (Å²) in [6, 6.07) is 17.5. The smallest absolute Gasteiger partial charge is 0.303 e. The number of carbonyl (C=O) groups excluding carboxylic acids is 6. The highest BCUT2D eigenvalue weighted by Crippen LogP contribution is 2.26. The largest absolute Gasteiger partial charge is 0.481 e. The van der Waals surface area contributed by atoms with E-state index in [0.29, 0.717) is 18.4 Å². The van der Waals surface area contributed by atoms with Gasteiger partial charge < -0.3 is 36.6 Å². The number of benzene rings is 4. The van der Waals surface area contributed by atoms with E-state index in [9.17, 15) is 51.6 Å². The molecule has 1 aliphatic heterocycles. The second-order valence-electron chi connectivity index (χ2n) is 18.4. The lowest BCUT2D eigenvalue weighted by molar-refractivity contribution is -0.142. The first-order valence-corrected chi connectivity index (χ1v) is 25.4. The lowest BCUT2D eigenvalue weighted by Crippen LogP contribution is -2.59. The average Bonchev–Trinajstić information content (AvgIpc) is 3.79. The fourth-order valence-corrected chi connectivity index (χ4v) is 9.29. The molecule has 0 aromatic heterocycles. The number of rotatable bonds is 22. The average molecular weight is 1020 g/mol. The van der Waals surface area contributed by atoms with Crippen LogP contribution in [0.25, 0.3) is 10.8 Å². The monoisotopic (exact) mass is 1020 g/mol. The van der Waals surface area contributed by atoms with Crippen molar-refractivity contribution in [3.8, 4) is 0 Å². The van der Waals surface area contributed by atoms with Gasteiger partial charge in [-0.15, -0.1) is 0 Å². The molecule has 0 aliphatic carbocycles. The fourth-order valence-electron chi connectivity index (χ4n) is 8.29. The highest BCUT2D eigenvalue weighted by molar-refractivity contribution is 7.85. The lowest BCUT2D eigenvalue weighted by Gasteiger charge is -2.31. The van der Waals surface area contributed by atoms with Gasteiger partial charge in [-0.25, -0.2) is 0 Å². The van der Waals surface area contributed by atoms with Crippen LogP contribution < -0.4 is 26.6 Å². The van der Waals surface area contributed by atoms with Crippen LogP contribution in [0.2, 0.25) is 10.0 Å². The molecule has 376 valence electrons. The van der Waals surface area contributed by atoms with Crippen LogP contribution >= 0.6 is 23.2 Å². The Hall–Kier alpha value is -6.08. The standard InChI is InChI=1S/C50H60Cl2N6O11S/c1-5-12-38(54-45(62)39(55-44(61)35-17-9-18-36(51)43(35)52)27-30-22-24-31(25-23-30)29-70(67,68)69)49(66)58-26-11-20-41(58)48(65)56-40(28-33-15-8-14-32-13-6-7-16-34(32)33)46(63)53-37(19-10-21-42(59)60)47(64)57-50(2,3)4/h6-9,13-18,22-25,37-41H,5,10-12,19-21,26-29H2,1-4H3,(H,53,63)(H,54,62)(H,55,61)(H,56,65)(H,57,64)(H,59,60)(H,67,68,69)/t37-,38-,39-,40-,41-/m0/s1. The molecule has 1 saturated heterocycles. The van der Waals surface area contributed by atoms with E-state index >= 15 is 0 Å². The molecule has 0 bridgehead atoms. The summed E-state index contributed by atoms with van der Waals surface area (Å²) in [6.45, 7) is 7.26. The van der Waals surface area contributed by atoms with E-state index in [2.05, 4.69) is 26.6 Å². The zero-order valence-electron chi connectivity index (χ0n) is 39.4. The number of halogens is 2. The quantitative estimate of drug-likeness (QED) is 0.0482. The zero-order chi connectivity index (χ0) is 51.3. The van der Waals surface area contributed by atoms with Crippen LogP contribution in [-0.2, 0) is 57.5 Å². The molecule has 4 aromatic carbocycles. The summed E-state index contributed by atoms with van der Waals surface area (Å²) in [5, 5.41) is 25.1. The lowest BCUT2D eigenvalue weighted by atomic mass is 9.97. The van der Waals surface area contributed by atoms with Crippen LogP contribution in [0.3, 0.4) is 0 Å². The summed E-state index contributed by atoms with van der Waals surface area (Å²) in [5.74, 6) is -5.63. The van der Waals surface area contributed by atoms with Gasteiger partial charge in [-0.05, 0) is 92.5 Å². The molecule has 70 heavy (non-hydrogen) atoms. The van der Waals surface area contributed by atoms with Crippen LogP contribution in [0.4, 0.5) is 0 Å². The van der Waals surface area contributed by atoms with Crippen LogP contribution in [0.15, 0.2) is 84.9 Å². The minimum atomic E-state index is -4.32.